The molecule has 0 heteroatoms. The lowest BCUT2D eigenvalue weighted by atomic mass is 9.76. The zero-order valence-electron chi connectivity index (χ0n) is 16.0. The van der Waals surface area contributed by atoms with Crippen molar-refractivity contribution in [3.63, 3.8) is 0 Å². The van der Waals surface area contributed by atoms with Gasteiger partial charge in [-0.3, -0.25) is 0 Å². The van der Waals surface area contributed by atoms with Crippen molar-refractivity contribution in [2.75, 3.05) is 0 Å². The van der Waals surface area contributed by atoms with E-state index in [1.165, 1.54) is 54.9 Å². The highest BCUT2D eigenvalue weighted by Crippen LogP contribution is 2.55. The highest BCUT2D eigenvalue weighted by Gasteiger charge is 2.40. The van der Waals surface area contributed by atoms with Crippen molar-refractivity contribution in [3.05, 3.63) is 82.9 Å². The Labute approximate surface area is 155 Å². The molecule has 0 saturated heterocycles. The first-order chi connectivity index (χ1) is 12.6. The molecule has 26 heavy (non-hydrogen) atoms. The molecular weight excluding hydrogens is 312 g/mol. The average Bonchev–Trinajstić information content (AvgIpc) is 2.92. The number of fused-ring (bicyclic) bond motifs is 7. The smallest absolute Gasteiger partial charge is 0.0185 e. The molecule has 0 aromatic heterocycles. The molecule has 0 atom stereocenters. The first kappa shape index (κ1) is 15.6. The minimum Gasteiger partial charge on any atom is -0.0642 e. The number of benzene rings is 4. The van der Waals surface area contributed by atoms with Gasteiger partial charge in [0.05, 0.1) is 0 Å². The lowest BCUT2D eigenvalue weighted by molar-refractivity contribution is 0.564. The first-order valence-corrected chi connectivity index (χ1v) is 9.62. The highest BCUT2D eigenvalue weighted by molar-refractivity contribution is 6.12. The topological polar surface area (TPSA) is 0 Å². The molecule has 0 radical (unpaired) electrons. The lowest BCUT2D eigenvalue weighted by Crippen LogP contribution is -2.19. The Kier molecular flexibility index (Phi) is 3.13. The van der Waals surface area contributed by atoms with Crippen molar-refractivity contribution < 1.29 is 0 Å². The Morgan fingerprint density at radius 3 is 1.42 bits per heavy atom. The summed E-state index contributed by atoms with van der Waals surface area (Å²) in [7, 11) is 0. The van der Waals surface area contributed by atoms with Gasteiger partial charge in [-0.2, -0.15) is 0 Å². The van der Waals surface area contributed by atoms with Crippen LogP contribution in [0, 0.1) is 13.8 Å². The molecule has 0 bridgehead atoms. The second-order valence-electron chi connectivity index (χ2n) is 8.01. The molecule has 0 unspecified atom stereocenters. The van der Waals surface area contributed by atoms with Gasteiger partial charge < -0.3 is 0 Å². The Hall–Kier alpha value is -2.60. The standard InChI is InChI=1S/C26H24/c1-5-26(4)22-14-16(2)18-10-6-8-12-20(18)24(22)25-21-13-9-7-11-19(21)17(3)15-23(25)26/h6-15H,5H2,1-4H3. The van der Waals surface area contributed by atoms with E-state index in [0.29, 0.717) is 0 Å². The lowest BCUT2D eigenvalue weighted by Gasteiger charge is -2.27. The molecule has 5 rings (SSSR count). The molecule has 0 aliphatic heterocycles. The zero-order chi connectivity index (χ0) is 18.1. The molecule has 1 aliphatic rings. The molecule has 1 aliphatic carbocycles. The second-order valence-corrected chi connectivity index (χ2v) is 8.01. The summed E-state index contributed by atoms with van der Waals surface area (Å²) in [6.45, 7) is 9.27. The molecule has 0 heterocycles. The van der Waals surface area contributed by atoms with Gasteiger partial charge in [-0.25, -0.2) is 0 Å². The van der Waals surface area contributed by atoms with Crippen LogP contribution in [0.25, 0.3) is 32.7 Å². The summed E-state index contributed by atoms with van der Waals surface area (Å²) in [5, 5.41) is 5.55. The van der Waals surface area contributed by atoms with Crippen LogP contribution in [-0.4, -0.2) is 0 Å². The number of hydrogen-bond donors (Lipinski definition) is 0. The minimum atomic E-state index is 0.0776. The van der Waals surface area contributed by atoms with Crippen LogP contribution in [-0.2, 0) is 5.41 Å². The van der Waals surface area contributed by atoms with Crippen LogP contribution in [0.2, 0.25) is 0 Å². The van der Waals surface area contributed by atoms with E-state index in [0.717, 1.165) is 6.42 Å². The maximum absolute atomic E-state index is 2.45. The first-order valence-electron chi connectivity index (χ1n) is 9.62. The molecular formula is C26H24. The fourth-order valence-electron chi connectivity index (χ4n) is 5.05. The molecule has 128 valence electrons. The maximum Gasteiger partial charge on any atom is 0.0185 e. The largest absolute Gasteiger partial charge is 0.0642 e. The predicted octanol–water partition coefficient (Wildman–Crippen LogP) is 7.31. The third kappa shape index (κ3) is 1.80. The van der Waals surface area contributed by atoms with Gasteiger partial charge in [0.2, 0.25) is 0 Å². The van der Waals surface area contributed by atoms with Gasteiger partial charge >= 0.3 is 0 Å². The zero-order valence-corrected chi connectivity index (χ0v) is 16.0. The van der Waals surface area contributed by atoms with Crippen LogP contribution in [0.3, 0.4) is 0 Å². The van der Waals surface area contributed by atoms with Gasteiger partial charge in [0.1, 0.15) is 0 Å². The number of rotatable bonds is 1. The van der Waals surface area contributed by atoms with Crippen molar-refractivity contribution in [1.29, 1.82) is 0 Å². The van der Waals surface area contributed by atoms with Crippen LogP contribution in [0.5, 0.6) is 0 Å². The van der Waals surface area contributed by atoms with E-state index in [1.54, 1.807) is 0 Å². The fourth-order valence-corrected chi connectivity index (χ4v) is 5.05. The normalized spacial score (nSPS) is 14.6. The monoisotopic (exact) mass is 336 g/mol. The molecule has 0 N–H and O–H groups in total. The van der Waals surface area contributed by atoms with Gasteiger partial charge in [-0.1, -0.05) is 74.5 Å². The van der Waals surface area contributed by atoms with E-state index in [9.17, 15) is 0 Å². The van der Waals surface area contributed by atoms with E-state index in [1.807, 2.05) is 0 Å². The Morgan fingerprint density at radius 1 is 0.654 bits per heavy atom. The van der Waals surface area contributed by atoms with Crippen LogP contribution in [0.15, 0.2) is 60.7 Å². The van der Waals surface area contributed by atoms with Gasteiger partial charge in [-0.05, 0) is 75.2 Å². The second kappa shape index (κ2) is 5.20. The Balaban J connectivity index is 2.07. The fraction of sp³-hybridized carbons (Fsp3) is 0.231. The summed E-state index contributed by atoms with van der Waals surface area (Å²) in [5.41, 5.74) is 8.77. The van der Waals surface area contributed by atoms with E-state index in [2.05, 4.69) is 88.4 Å². The van der Waals surface area contributed by atoms with E-state index >= 15 is 0 Å². The van der Waals surface area contributed by atoms with Crippen LogP contribution < -0.4 is 0 Å². The van der Waals surface area contributed by atoms with Crippen molar-refractivity contribution in [2.24, 2.45) is 0 Å². The quantitative estimate of drug-likeness (QED) is 0.342. The molecule has 0 saturated carbocycles. The number of hydrogen-bond acceptors (Lipinski definition) is 0. The molecule has 0 spiro atoms. The van der Waals surface area contributed by atoms with Gasteiger partial charge in [-0.15, -0.1) is 0 Å². The number of aryl methyl sites for hydroxylation is 2. The SMILES string of the molecule is CCC1(C)c2cc(C)c3ccccc3c2-c2c1cc(C)c1ccccc21. The predicted molar refractivity (Wildman–Crippen MR) is 113 cm³/mol. The molecule has 0 fully saturated rings. The summed E-state index contributed by atoms with van der Waals surface area (Å²) in [5.74, 6) is 0. The van der Waals surface area contributed by atoms with Crippen LogP contribution in [0.4, 0.5) is 0 Å². The van der Waals surface area contributed by atoms with Gasteiger partial charge in [0.15, 0.2) is 0 Å². The third-order valence-corrected chi connectivity index (χ3v) is 6.65. The van der Waals surface area contributed by atoms with Gasteiger partial charge in [0.25, 0.3) is 0 Å². The third-order valence-electron chi connectivity index (χ3n) is 6.65. The Morgan fingerprint density at radius 2 is 1.04 bits per heavy atom. The minimum absolute atomic E-state index is 0.0776. The van der Waals surface area contributed by atoms with Gasteiger partial charge in [0, 0.05) is 5.41 Å². The average molecular weight is 336 g/mol. The van der Waals surface area contributed by atoms with E-state index in [4.69, 9.17) is 0 Å². The van der Waals surface area contributed by atoms with E-state index in [-0.39, 0.29) is 5.41 Å². The van der Waals surface area contributed by atoms with E-state index < -0.39 is 0 Å². The summed E-state index contributed by atoms with van der Waals surface area (Å²) in [6, 6.07) is 22.7. The van der Waals surface area contributed by atoms with Crippen molar-refractivity contribution in [3.8, 4) is 11.1 Å². The summed E-state index contributed by atoms with van der Waals surface area (Å²) >= 11 is 0. The van der Waals surface area contributed by atoms with Crippen molar-refractivity contribution >= 4 is 21.5 Å². The summed E-state index contributed by atoms with van der Waals surface area (Å²) < 4.78 is 0. The molecule has 0 amide bonds. The maximum atomic E-state index is 2.45. The molecule has 4 aromatic rings. The summed E-state index contributed by atoms with van der Waals surface area (Å²) in [6.07, 6.45) is 1.11. The van der Waals surface area contributed by atoms with Crippen molar-refractivity contribution in [1.82, 2.24) is 0 Å². The Bertz CT molecular complexity index is 1100. The molecule has 0 nitrogen and oxygen atoms in total. The van der Waals surface area contributed by atoms with Crippen LogP contribution >= 0.6 is 0 Å². The van der Waals surface area contributed by atoms with Crippen LogP contribution in [0.1, 0.15) is 42.5 Å². The van der Waals surface area contributed by atoms with Crippen molar-refractivity contribution in [2.45, 2.75) is 39.5 Å². The highest BCUT2D eigenvalue weighted by atomic mass is 14.4. The molecule has 4 aromatic carbocycles. The summed E-state index contributed by atoms with van der Waals surface area (Å²) in [4.78, 5) is 0.